The minimum Gasteiger partial charge on any atom is -0.497 e. The number of methoxy groups -OCH3 is 1. The van der Waals surface area contributed by atoms with E-state index in [1.807, 2.05) is 19.1 Å². The number of halogens is 1. The third kappa shape index (κ3) is 9.21. The van der Waals surface area contributed by atoms with Gasteiger partial charge in [0.15, 0.2) is 5.96 Å². The fourth-order valence-electron chi connectivity index (χ4n) is 2.81. The maximum absolute atomic E-state index is 5.91. The van der Waals surface area contributed by atoms with Crippen molar-refractivity contribution in [1.82, 2.24) is 10.6 Å². The van der Waals surface area contributed by atoms with Gasteiger partial charge in [0.1, 0.15) is 18.1 Å². The molecule has 0 aliphatic rings. The minimum atomic E-state index is 0. The van der Waals surface area contributed by atoms with Gasteiger partial charge in [0, 0.05) is 32.3 Å². The number of hydrogen-bond acceptors (Lipinski definition) is 4. The number of guanidine groups is 1. The van der Waals surface area contributed by atoms with Gasteiger partial charge in [0.25, 0.3) is 0 Å². The molecule has 30 heavy (non-hydrogen) atoms. The predicted octanol–water partition coefficient (Wildman–Crippen LogP) is 3.94. The van der Waals surface area contributed by atoms with Crippen LogP contribution in [0.5, 0.6) is 11.5 Å². The molecular formula is C23H34IN3O3. The van der Waals surface area contributed by atoms with E-state index in [1.54, 1.807) is 14.2 Å². The zero-order chi connectivity index (χ0) is 20.9. The van der Waals surface area contributed by atoms with Crippen molar-refractivity contribution in [2.24, 2.45) is 4.99 Å². The van der Waals surface area contributed by atoms with Crippen molar-refractivity contribution in [2.45, 2.75) is 26.8 Å². The molecule has 0 saturated heterocycles. The van der Waals surface area contributed by atoms with E-state index in [0.29, 0.717) is 26.4 Å². The molecule has 6 nitrogen and oxygen atoms in total. The van der Waals surface area contributed by atoms with Gasteiger partial charge in [-0.3, -0.25) is 4.99 Å². The van der Waals surface area contributed by atoms with Crippen LogP contribution in [0.1, 0.15) is 23.6 Å². The Hall–Kier alpha value is -2.00. The van der Waals surface area contributed by atoms with Crippen LogP contribution in [-0.4, -0.2) is 46.5 Å². The first-order chi connectivity index (χ1) is 14.2. The minimum absolute atomic E-state index is 0. The molecule has 2 aromatic rings. The molecule has 2 aromatic carbocycles. The zero-order valence-corrected chi connectivity index (χ0v) is 20.7. The van der Waals surface area contributed by atoms with Crippen LogP contribution in [0.15, 0.2) is 47.5 Å². The fraction of sp³-hybridized carbons (Fsp3) is 0.435. The lowest BCUT2D eigenvalue weighted by molar-refractivity contribution is 0.110. The third-order valence-corrected chi connectivity index (χ3v) is 4.45. The molecule has 0 unspecified atom stereocenters. The number of benzene rings is 2. The van der Waals surface area contributed by atoms with Crippen molar-refractivity contribution in [3.05, 3.63) is 59.2 Å². The summed E-state index contributed by atoms with van der Waals surface area (Å²) >= 11 is 0. The second kappa shape index (κ2) is 14.9. The SMILES string of the molecule is CCOCCOc1cc(C)ccc1CNC(=NC)NCCc1ccc(OC)cc1.I. The van der Waals surface area contributed by atoms with Gasteiger partial charge in [-0.15, -0.1) is 24.0 Å². The molecule has 0 fully saturated rings. The quantitative estimate of drug-likeness (QED) is 0.201. The number of ether oxygens (including phenoxy) is 3. The molecule has 0 radical (unpaired) electrons. The molecule has 0 aliphatic carbocycles. The summed E-state index contributed by atoms with van der Waals surface area (Å²) in [6.45, 7) is 7.29. The van der Waals surface area contributed by atoms with Gasteiger partial charge in [-0.05, 0) is 49.6 Å². The van der Waals surface area contributed by atoms with E-state index in [-0.39, 0.29) is 24.0 Å². The maximum Gasteiger partial charge on any atom is 0.191 e. The van der Waals surface area contributed by atoms with Gasteiger partial charge < -0.3 is 24.8 Å². The van der Waals surface area contributed by atoms with Crippen LogP contribution in [0.4, 0.5) is 0 Å². The Morgan fingerprint density at radius 3 is 2.47 bits per heavy atom. The van der Waals surface area contributed by atoms with Crippen LogP contribution in [0.2, 0.25) is 0 Å². The van der Waals surface area contributed by atoms with Gasteiger partial charge in [0.05, 0.1) is 13.7 Å². The van der Waals surface area contributed by atoms with Crippen molar-refractivity contribution < 1.29 is 14.2 Å². The fourth-order valence-corrected chi connectivity index (χ4v) is 2.81. The molecular weight excluding hydrogens is 493 g/mol. The summed E-state index contributed by atoms with van der Waals surface area (Å²) < 4.78 is 16.5. The molecule has 0 heterocycles. The van der Waals surface area contributed by atoms with Crippen molar-refractivity contribution in [3.63, 3.8) is 0 Å². The topological polar surface area (TPSA) is 64.1 Å². The monoisotopic (exact) mass is 527 g/mol. The number of nitrogens with one attached hydrogen (secondary N) is 2. The Labute approximate surface area is 197 Å². The van der Waals surface area contributed by atoms with Crippen LogP contribution >= 0.6 is 24.0 Å². The van der Waals surface area contributed by atoms with Crippen LogP contribution in [-0.2, 0) is 17.7 Å². The normalized spacial score (nSPS) is 10.9. The highest BCUT2D eigenvalue weighted by molar-refractivity contribution is 14.0. The molecule has 7 heteroatoms. The molecule has 0 aliphatic heterocycles. The van der Waals surface area contributed by atoms with Gasteiger partial charge >= 0.3 is 0 Å². The largest absolute Gasteiger partial charge is 0.497 e. The summed E-state index contributed by atoms with van der Waals surface area (Å²) in [7, 11) is 3.45. The summed E-state index contributed by atoms with van der Waals surface area (Å²) in [5, 5.41) is 6.71. The van der Waals surface area contributed by atoms with Gasteiger partial charge in [-0.25, -0.2) is 0 Å². The highest BCUT2D eigenvalue weighted by Gasteiger charge is 2.06. The zero-order valence-electron chi connectivity index (χ0n) is 18.4. The Morgan fingerprint density at radius 1 is 1.03 bits per heavy atom. The Bertz CT molecular complexity index is 767. The van der Waals surface area contributed by atoms with Gasteiger partial charge in [-0.1, -0.05) is 24.3 Å². The van der Waals surface area contributed by atoms with E-state index in [1.165, 1.54) is 11.1 Å². The standard InChI is InChI=1S/C23H33N3O3.HI/c1-5-28-14-15-29-22-16-18(2)6-9-20(22)17-26-23(24-3)25-13-12-19-7-10-21(27-4)11-8-19;/h6-11,16H,5,12-15,17H2,1-4H3,(H2,24,25,26);1H. The lowest BCUT2D eigenvalue weighted by Crippen LogP contribution is -2.37. The second-order valence-corrected chi connectivity index (χ2v) is 6.61. The lowest BCUT2D eigenvalue weighted by Gasteiger charge is -2.15. The molecule has 0 aromatic heterocycles. The van der Waals surface area contributed by atoms with Crippen LogP contribution < -0.4 is 20.1 Å². The maximum atomic E-state index is 5.91. The predicted molar refractivity (Wildman–Crippen MR) is 133 cm³/mol. The molecule has 166 valence electrons. The van der Waals surface area contributed by atoms with Gasteiger partial charge in [0.2, 0.25) is 0 Å². The molecule has 0 amide bonds. The molecule has 0 saturated carbocycles. The Balaban J connectivity index is 0.00000450. The summed E-state index contributed by atoms with van der Waals surface area (Å²) in [6.07, 6.45) is 0.904. The summed E-state index contributed by atoms with van der Waals surface area (Å²) in [5.74, 6) is 2.52. The van der Waals surface area contributed by atoms with Crippen molar-refractivity contribution in [1.29, 1.82) is 0 Å². The smallest absolute Gasteiger partial charge is 0.191 e. The third-order valence-electron chi connectivity index (χ3n) is 4.45. The number of rotatable bonds is 11. The molecule has 0 spiro atoms. The first-order valence-electron chi connectivity index (χ1n) is 10.0. The number of hydrogen-bond donors (Lipinski definition) is 2. The molecule has 0 bridgehead atoms. The highest BCUT2D eigenvalue weighted by Crippen LogP contribution is 2.20. The van der Waals surface area contributed by atoms with E-state index < -0.39 is 0 Å². The first kappa shape index (κ1) is 26.0. The average Bonchev–Trinajstić information content (AvgIpc) is 2.75. The number of aliphatic imine (C=N–C) groups is 1. The van der Waals surface area contributed by atoms with Crippen LogP contribution in [0.3, 0.4) is 0 Å². The number of nitrogens with zero attached hydrogens (tertiary/aromatic N) is 1. The Kier molecular flexibility index (Phi) is 12.9. The van der Waals surface area contributed by atoms with E-state index >= 15 is 0 Å². The Morgan fingerprint density at radius 2 is 1.80 bits per heavy atom. The molecule has 2 rings (SSSR count). The van der Waals surface area contributed by atoms with Crippen molar-refractivity contribution in [2.75, 3.05) is 40.5 Å². The van der Waals surface area contributed by atoms with Gasteiger partial charge in [-0.2, -0.15) is 0 Å². The van der Waals surface area contributed by atoms with Crippen LogP contribution in [0.25, 0.3) is 0 Å². The van der Waals surface area contributed by atoms with Crippen molar-refractivity contribution in [3.8, 4) is 11.5 Å². The van der Waals surface area contributed by atoms with Crippen molar-refractivity contribution >= 4 is 29.9 Å². The summed E-state index contributed by atoms with van der Waals surface area (Å²) in [4.78, 5) is 4.31. The van der Waals surface area contributed by atoms with E-state index in [9.17, 15) is 0 Å². The summed E-state index contributed by atoms with van der Waals surface area (Å²) in [5.41, 5.74) is 3.50. The summed E-state index contributed by atoms with van der Waals surface area (Å²) in [6, 6.07) is 14.3. The van der Waals surface area contributed by atoms with E-state index in [2.05, 4.69) is 52.9 Å². The second-order valence-electron chi connectivity index (χ2n) is 6.61. The van der Waals surface area contributed by atoms with Crippen LogP contribution in [0, 0.1) is 6.92 Å². The molecule has 0 atom stereocenters. The van der Waals surface area contributed by atoms with E-state index in [0.717, 1.165) is 36.0 Å². The average molecular weight is 527 g/mol. The molecule has 2 N–H and O–H groups in total. The van der Waals surface area contributed by atoms with E-state index in [4.69, 9.17) is 14.2 Å². The number of aryl methyl sites for hydroxylation is 1. The lowest BCUT2D eigenvalue weighted by atomic mass is 10.1. The highest BCUT2D eigenvalue weighted by atomic mass is 127. The first-order valence-corrected chi connectivity index (χ1v) is 10.0.